The van der Waals surface area contributed by atoms with Crippen LogP contribution in [0.1, 0.15) is 20.7 Å². The van der Waals surface area contributed by atoms with E-state index in [1.807, 2.05) is 60.1 Å². The number of nitrogens with two attached hydrogens (primary N) is 1. The summed E-state index contributed by atoms with van der Waals surface area (Å²) >= 11 is 0. The number of nitrogens with one attached hydrogen (secondary N) is 1. The number of imide groups is 1. The standard InChI is InChI=1S/C22H17N3O3/c1-25-15-8-7-11(23)9-14(15)18-16(25)10-13(12-5-3-4-6-17(12)28-2)19-20(18)22(27)24-21(19)26/h3-10H,23H2,1-2H3,(H,24,26,27). The summed E-state index contributed by atoms with van der Waals surface area (Å²) in [5.74, 6) is -0.153. The number of methoxy groups -OCH3 is 1. The Balaban J connectivity index is 2.01. The Morgan fingerprint density at radius 3 is 2.46 bits per heavy atom. The van der Waals surface area contributed by atoms with Gasteiger partial charge in [0.15, 0.2) is 0 Å². The number of carbonyl (C=O) groups is 2. The summed E-state index contributed by atoms with van der Waals surface area (Å²) in [6, 6.07) is 15.0. The van der Waals surface area contributed by atoms with E-state index in [2.05, 4.69) is 5.32 Å². The number of benzene rings is 3. The fourth-order valence-electron chi connectivity index (χ4n) is 4.15. The van der Waals surface area contributed by atoms with Crippen LogP contribution in [0.5, 0.6) is 5.75 Å². The van der Waals surface area contributed by atoms with E-state index < -0.39 is 11.8 Å². The van der Waals surface area contributed by atoms with Crippen LogP contribution in [0, 0.1) is 0 Å². The van der Waals surface area contributed by atoms with Crippen LogP contribution in [-0.4, -0.2) is 23.5 Å². The van der Waals surface area contributed by atoms with Crippen molar-refractivity contribution in [1.29, 1.82) is 0 Å². The first kappa shape index (κ1) is 16.4. The molecule has 4 aromatic rings. The smallest absolute Gasteiger partial charge is 0.259 e. The number of fused-ring (bicyclic) bond motifs is 5. The van der Waals surface area contributed by atoms with Gasteiger partial charge in [0.25, 0.3) is 11.8 Å². The number of aryl methyl sites for hydroxylation is 1. The first-order chi connectivity index (χ1) is 13.5. The number of hydrogen-bond acceptors (Lipinski definition) is 4. The zero-order chi connectivity index (χ0) is 19.6. The molecule has 1 aliphatic heterocycles. The molecule has 0 bridgehead atoms. The zero-order valence-corrected chi connectivity index (χ0v) is 15.4. The van der Waals surface area contributed by atoms with Gasteiger partial charge < -0.3 is 15.0 Å². The van der Waals surface area contributed by atoms with Gasteiger partial charge in [-0.25, -0.2) is 0 Å². The van der Waals surface area contributed by atoms with Gasteiger partial charge in [0, 0.05) is 40.2 Å². The van der Waals surface area contributed by atoms with Crippen molar-refractivity contribution in [1.82, 2.24) is 9.88 Å². The predicted molar refractivity (Wildman–Crippen MR) is 109 cm³/mol. The van der Waals surface area contributed by atoms with E-state index in [-0.39, 0.29) is 0 Å². The summed E-state index contributed by atoms with van der Waals surface area (Å²) in [5, 5.41) is 4.04. The first-order valence-electron chi connectivity index (χ1n) is 8.85. The number of nitrogen functional groups attached to an aromatic ring is 1. The second-order valence-corrected chi connectivity index (χ2v) is 6.89. The van der Waals surface area contributed by atoms with Gasteiger partial charge in [0.2, 0.25) is 0 Å². The number of nitrogens with zero attached hydrogens (tertiary/aromatic N) is 1. The maximum absolute atomic E-state index is 12.8. The lowest BCUT2D eigenvalue weighted by Gasteiger charge is -2.12. The molecule has 2 amide bonds. The highest BCUT2D eigenvalue weighted by Gasteiger charge is 2.34. The monoisotopic (exact) mass is 371 g/mol. The number of aromatic nitrogens is 1. The molecule has 138 valence electrons. The van der Waals surface area contributed by atoms with Crippen molar-refractivity contribution in [2.24, 2.45) is 7.05 Å². The van der Waals surface area contributed by atoms with Crippen molar-refractivity contribution in [3.05, 3.63) is 59.7 Å². The number of para-hydroxylation sites is 1. The molecule has 2 heterocycles. The minimum Gasteiger partial charge on any atom is -0.496 e. The lowest BCUT2D eigenvalue weighted by molar-refractivity contribution is 0.0880. The molecule has 3 aromatic carbocycles. The molecule has 1 aromatic heterocycles. The van der Waals surface area contributed by atoms with Crippen LogP contribution in [0.4, 0.5) is 5.69 Å². The van der Waals surface area contributed by atoms with Crippen molar-refractivity contribution in [2.75, 3.05) is 12.8 Å². The lowest BCUT2D eigenvalue weighted by Crippen LogP contribution is -2.20. The molecule has 0 fully saturated rings. The van der Waals surface area contributed by atoms with Crippen molar-refractivity contribution in [3.8, 4) is 16.9 Å². The maximum Gasteiger partial charge on any atom is 0.259 e. The summed E-state index contributed by atoms with van der Waals surface area (Å²) in [6.45, 7) is 0. The van der Waals surface area contributed by atoms with Gasteiger partial charge in [0.05, 0.1) is 23.8 Å². The third kappa shape index (κ3) is 2.02. The van der Waals surface area contributed by atoms with Crippen molar-refractivity contribution < 1.29 is 14.3 Å². The van der Waals surface area contributed by atoms with Gasteiger partial charge in [-0.2, -0.15) is 0 Å². The molecule has 6 nitrogen and oxygen atoms in total. The third-order valence-corrected chi connectivity index (χ3v) is 5.40. The molecule has 0 saturated carbocycles. The SMILES string of the molecule is COc1ccccc1-c1cc2c(c3c1C(=O)NC3=O)c1cc(N)ccc1n2C. The normalized spacial score (nSPS) is 13.2. The molecule has 0 unspecified atom stereocenters. The largest absolute Gasteiger partial charge is 0.496 e. The summed E-state index contributed by atoms with van der Waals surface area (Å²) in [5.41, 5.74) is 10.6. The Morgan fingerprint density at radius 1 is 0.929 bits per heavy atom. The van der Waals surface area contributed by atoms with Gasteiger partial charge in [-0.3, -0.25) is 14.9 Å². The minimum atomic E-state index is -0.399. The molecule has 0 aliphatic carbocycles. The highest BCUT2D eigenvalue weighted by molar-refractivity contribution is 6.32. The summed E-state index contributed by atoms with van der Waals surface area (Å²) in [4.78, 5) is 25.5. The topological polar surface area (TPSA) is 86.3 Å². The molecule has 0 saturated heterocycles. The molecule has 5 rings (SSSR count). The van der Waals surface area contributed by atoms with Crippen molar-refractivity contribution >= 4 is 39.3 Å². The van der Waals surface area contributed by atoms with E-state index in [4.69, 9.17) is 10.5 Å². The second kappa shape index (κ2) is 5.60. The highest BCUT2D eigenvalue weighted by atomic mass is 16.5. The van der Waals surface area contributed by atoms with E-state index in [0.29, 0.717) is 28.1 Å². The van der Waals surface area contributed by atoms with Crippen LogP contribution in [-0.2, 0) is 7.05 Å². The second-order valence-electron chi connectivity index (χ2n) is 6.89. The van der Waals surface area contributed by atoms with E-state index in [1.165, 1.54) is 0 Å². The highest BCUT2D eigenvalue weighted by Crippen LogP contribution is 2.42. The number of ether oxygens (including phenoxy) is 1. The number of rotatable bonds is 2. The van der Waals surface area contributed by atoms with Gasteiger partial charge in [-0.05, 0) is 30.3 Å². The Hall–Kier alpha value is -3.80. The minimum absolute atomic E-state index is 0.372. The Bertz CT molecular complexity index is 1330. The molecule has 3 N–H and O–H groups in total. The van der Waals surface area contributed by atoms with Crippen LogP contribution in [0.25, 0.3) is 32.9 Å². The van der Waals surface area contributed by atoms with Gasteiger partial charge >= 0.3 is 0 Å². The predicted octanol–water partition coefficient (Wildman–Crippen LogP) is 3.47. The fraction of sp³-hybridized carbons (Fsp3) is 0.0909. The molecule has 6 heteroatoms. The Kier molecular flexibility index (Phi) is 3.27. The Morgan fingerprint density at radius 2 is 1.68 bits per heavy atom. The maximum atomic E-state index is 12.8. The quantitative estimate of drug-likeness (QED) is 0.417. The van der Waals surface area contributed by atoms with E-state index >= 15 is 0 Å². The average molecular weight is 371 g/mol. The lowest BCUT2D eigenvalue weighted by atomic mass is 9.92. The van der Waals surface area contributed by atoms with Crippen molar-refractivity contribution in [2.45, 2.75) is 0 Å². The molecule has 28 heavy (non-hydrogen) atoms. The fourth-order valence-corrected chi connectivity index (χ4v) is 4.15. The van der Waals surface area contributed by atoms with Crippen LogP contribution in [0.2, 0.25) is 0 Å². The Labute approximate surface area is 160 Å². The number of hydrogen-bond donors (Lipinski definition) is 2. The number of amides is 2. The van der Waals surface area contributed by atoms with Crippen LogP contribution in [0.3, 0.4) is 0 Å². The number of anilines is 1. The van der Waals surface area contributed by atoms with Gasteiger partial charge in [-0.1, -0.05) is 18.2 Å². The van der Waals surface area contributed by atoms with Crippen LogP contribution < -0.4 is 15.8 Å². The molecular weight excluding hydrogens is 354 g/mol. The van der Waals surface area contributed by atoms with Crippen LogP contribution in [0.15, 0.2) is 48.5 Å². The molecule has 1 aliphatic rings. The molecule has 0 radical (unpaired) electrons. The number of carbonyl (C=O) groups excluding carboxylic acids is 2. The summed E-state index contributed by atoms with van der Waals surface area (Å²) in [6.07, 6.45) is 0. The van der Waals surface area contributed by atoms with E-state index in [9.17, 15) is 9.59 Å². The summed E-state index contributed by atoms with van der Waals surface area (Å²) < 4.78 is 7.51. The van der Waals surface area contributed by atoms with Gasteiger partial charge in [0.1, 0.15) is 5.75 Å². The summed E-state index contributed by atoms with van der Waals surface area (Å²) in [7, 11) is 3.52. The average Bonchev–Trinajstić information content (AvgIpc) is 3.14. The van der Waals surface area contributed by atoms with Crippen LogP contribution >= 0.6 is 0 Å². The zero-order valence-electron chi connectivity index (χ0n) is 15.4. The van der Waals surface area contributed by atoms with E-state index in [0.717, 1.165) is 27.4 Å². The molecular formula is C22H17N3O3. The molecule has 0 atom stereocenters. The van der Waals surface area contributed by atoms with E-state index in [1.54, 1.807) is 7.11 Å². The van der Waals surface area contributed by atoms with Gasteiger partial charge in [-0.15, -0.1) is 0 Å². The molecule has 0 spiro atoms. The first-order valence-corrected chi connectivity index (χ1v) is 8.85. The third-order valence-electron chi connectivity index (χ3n) is 5.40. The van der Waals surface area contributed by atoms with Crippen molar-refractivity contribution in [3.63, 3.8) is 0 Å².